The fourth-order valence-electron chi connectivity index (χ4n) is 3.05. The van der Waals surface area contributed by atoms with Crippen LogP contribution < -0.4 is 4.74 Å². The molecule has 0 saturated carbocycles. The Bertz CT molecular complexity index is 726. The second-order valence-corrected chi connectivity index (χ2v) is 7.03. The largest absolute Gasteiger partial charge is 0.484 e. The first-order valence-corrected chi connectivity index (χ1v) is 9.32. The van der Waals surface area contributed by atoms with Gasteiger partial charge in [0.1, 0.15) is 5.75 Å². The number of benzene rings is 2. The summed E-state index contributed by atoms with van der Waals surface area (Å²) in [6.45, 7) is 3.86. The van der Waals surface area contributed by atoms with Crippen LogP contribution in [0, 0.1) is 6.92 Å². The summed E-state index contributed by atoms with van der Waals surface area (Å²) in [5.74, 6) is 0.697. The van der Waals surface area contributed by atoms with Crippen LogP contribution in [0.4, 0.5) is 0 Å². The molecule has 1 atom stereocenters. The number of aryl methyl sites for hydroxylation is 1. The van der Waals surface area contributed by atoms with Crippen molar-refractivity contribution in [2.45, 2.75) is 32.4 Å². The zero-order chi connectivity index (χ0) is 18.4. The molecule has 0 spiro atoms. The van der Waals surface area contributed by atoms with Crippen molar-refractivity contribution in [2.24, 2.45) is 0 Å². The van der Waals surface area contributed by atoms with E-state index in [0.717, 1.165) is 36.3 Å². The Labute approximate surface area is 159 Å². The predicted molar refractivity (Wildman–Crippen MR) is 103 cm³/mol. The lowest BCUT2D eigenvalue weighted by Gasteiger charge is -2.26. The predicted octanol–water partition coefficient (Wildman–Crippen LogP) is 4.24. The zero-order valence-electron chi connectivity index (χ0n) is 15.0. The van der Waals surface area contributed by atoms with E-state index in [4.69, 9.17) is 21.1 Å². The standard InChI is InChI=1S/C21H24ClNO3/c1-16-5-2-3-7-20(16)26-15-21(24)23(14-19-6-4-12-25-19)13-17-8-10-18(22)11-9-17/h2-3,5,7-11,19H,4,6,12-15H2,1H3/t19-/m1/s1. The molecule has 0 unspecified atom stereocenters. The molecule has 3 rings (SSSR count). The van der Waals surface area contributed by atoms with Crippen molar-refractivity contribution in [2.75, 3.05) is 19.8 Å². The molecule has 0 radical (unpaired) electrons. The highest BCUT2D eigenvalue weighted by Gasteiger charge is 2.23. The van der Waals surface area contributed by atoms with E-state index in [0.29, 0.717) is 18.1 Å². The zero-order valence-corrected chi connectivity index (χ0v) is 15.7. The molecule has 0 aliphatic carbocycles. The number of nitrogens with zero attached hydrogens (tertiary/aromatic N) is 1. The summed E-state index contributed by atoms with van der Waals surface area (Å²) in [4.78, 5) is 14.6. The van der Waals surface area contributed by atoms with E-state index in [9.17, 15) is 4.79 Å². The minimum atomic E-state index is -0.0429. The van der Waals surface area contributed by atoms with Gasteiger partial charge in [-0.3, -0.25) is 4.79 Å². The number of amides is 1. The maximum absolute atomic E-state index is 12.8. The highest BCUT2D eigenvalue weighted by atomic mass is 35.5. The molecule has 4 nitrogen and oxygen atoms in total. The molecule has 26 heavy (non-hydrogen) atoms. The van der Waals surface area contributed by atoms with Gasteiger partial charge in [-0.1, -0.05) is 41.9 Å². The van der Waals surface area contributed by atoms with Gasteiger partial charge >= 0.3 is 0 Å². The Morgan fingerprint density at radius 2 is 2.00 bits per heavy atom. The van der Waals surface area contributed by atoms with Gasteiger partial charge < -0.3 is 14.4 Å². The molecule has 1 fully saturated rings. The Hall–Kier alpha value is -2.04. The van der Waals surface area contributed by atoms with E-state index in [1.54, 1.807) is 0 Å². The van der Waals surface area contributed by atoms with E-state index >= 15 is 0 Å². The summed E-state index contributed by atoms with van der Waals surface area (Å²) in [5.41, 5.74) is 2.06. The van der Waals surface area contributed by atoms with Crippen molar-refractivity contribution < 1.29 is 14.3 Å². The number of ether oxygens (including phenoxy) is 2. The SMILES string of the molecule is Cc1ccccc1OCC(=O)N(Cc1ccc(Cl)cc1)C[C@H]1CCCO1. The monoisotopic (exact) mass is 373 g/mol. The highest BCUT2D eigenvalue weighted by Crippen LogP contribution is 2.19. The van der Waals surface area contributed by atoms with Crippen molar-refractivity contribution in [3.8, 4) is 5.75 Å². The average molecular weight is 374 g/mol. The number of hydrogen-bond acceptors (Lipinski definition) is 3. The van der Waals surface area contributed by atoms with Crippen molar-refractivity contribution in [1.29, 1.82) is 0 Å². The lowest BCUT2D eigenvalue weighted by atomic mass is 10.2. The first kappa shape index (κ1) is 18.7. The van der Waals surface area contributed by atoms with Crippen LogP contribution in [0.1, 0.15) is 24.0 Å². The lowest BCUT2D eigenvalue weighted by molar-refractivity contribution is -0.135. The van der Waals surface area contributed by atoms with Gasteiger partial charge in [-0.15, -0.1) is 0 Å². The van der Waals surface area contributed by atoms with Gasteiger partial charge in [0, 0.05) is 24.7 Å². The van der Waals surface area contributed by atoms with Gasteiger partial charge in [-0.2, -0.15) is 0 Å². The van der Waals surface area contributed by atoms with Crippen LogP contribution in [0.2, 0.25) is 5.02 Å². The van der Waals surface area contributed by atoms with E-state index in [2.05, 4.69) is 0 Å². The van der Waals surface area contributed by atoms with Crippen LogP contribution in [0.3, 0.4) is 0 Å². The number of hydrogen-bond donors (Lipinski definition) is 0. The van der Waals surface area contributed by atoms with Crippen LogP contribution in [0.5, 0.6) is 5.75 Å². The van der Waals surface area contributed by atoms with Gasteiger partial charge in [-0.05, 0) is 49.1 Å². The summed E-state index contributed by atoms with van der Waals surface area (Å²) in [5, 5.41) is 0.689. The molecule has 1 aliphatic heterocycles. The number of carbonyl (C=O) groups is 1. The molecule has 138 valence electrons. The summed E-state index contributed by atoms with van der Waals surface area (Å²) < 4.78 is 11.5. The van der Waals surface area contributed by atoms with E-state index < -0.39 is 0 Å². The quantitative estimate of drug-likeness (QED) is 0.728. The lowest BCUT2D eigenvalue weighted by Crippen LogP contribution is -2.39. The Kier molecular flexibility index (Phi) is 6.53. The van der Waals surface area contributed by atoms with Gasteiger partial charge in [0.2, 0.25) is 0 Å². The van der Waals surface area contributed by atoms with Crippen molar-refractivity contribution in [3.63, 3.8) is 0 Å². The molecular weight excluding hydrogens is 350 g/mol. The van der Waals surface area contributed by atoms with Crippen LogP contribution in [-0.4, -0.2) is 36.7 Å². The van der Waals surface area contributed by atoms with Crippen molar-refractivity contribution in [3.05, 3.63) is 64.7 Å². The van der Waals surface area contributed by atoms with E-state index in [-0.39, 0.29) is 18.6 Å². The second-order valence-electron chi connectivity index (χ2n) is 6.59. The number of carbonyl (C=O) groups excluding carboxylic acids is 1. The molecule has 2 aromatic carbocycles. The first-order valence-electron chi connectivity index (χ1n) is 8.94. The number of rotatable bonds is 7. The number of halogens is 1. The third-order valence-electron chi connectivity index (χ3n) is 4.53. The topological polar surface area (TPSA) is 38.8 Å². The van der Waals surface area contributed by atoms with Crippen LogP contribution in [0.15, 0.2) is 48.5 Å². The normalized spacial score (nSPS) is 16.5. The Balaban J connectivity index is 1.65. The van der Waals surface area contributed by atoms with Crippen LogP contribution >= 0.6 is 11.6 Å². The minimum Gasteiger partial charge on any atom is -0.484 e. The summed E-state index contributed by atoms with van der Waals surface area (Å²) in [6, 6.07) is 15.3. The number of para-hydroxylation sites is 1. The van der Waals surface area contributed by atoms with Gasteiger partial charge in [0.05, 0.1) is 6.10 Å². The third-order valence-corrected chi connectivity index (χ3v) is 4.78. The van der Waals surface area contributed by atoms with Crippen LogP contribution in [0.25, 0.3) is 0 Å². The highest BCUT2D eigenvalue weighted by molar-refractivity contribution is 6.30. The smallest absolute Gasteiger partial charge is 0.260 e. The van der Waals surface area contributed by atoms with Gasteiger partial charge in [0.15, 0.2) is 6.61 Å². The molecule has 5 heteroatoms. The Morgan fingerprint density at radius 1 is 1.23 bits per heavy atom. The molecular formula is C21H24ClNO3. The van der Waals surface area contributed by atoms with Crippen LogP contribution in [-0.2, 0) is 16.1 Å². The molecule has 2 aromatic rings. The Morgan fingerprint density at radius 3 is 2.69 bits per heavy atom. The van der Waals surface area contributed by atoms with E-state index in [1.807, 2.05) is 60.4 Å². The maximum atomic E-state index is 12.8. The molecule has 1 aliphatic rings. The molecule has 1 saturated heterocycles. The van der Waals surface area contributed by atoms with Crippen molar-refractivity contribution >= 4 is 17.5 Å². The fraction of sp³-hybridized carbons (Fsp3) is 0.381. The van der Waals surface area contributed by atoms with Gasteiger partial charge in [-0.25, -0.2) is 0 Å². The molecule has 0 aromatic heterocycles. The van der Waals surface area contributed by atoms with E-state index in [1.165, 1.54) is 0 Å². The molecule has 1 heterocycles. The first-order chi connectivity index (χ1) is 12.6. The maximum Gasteiger partial charge on any atom is 0.260 e. The third kappa shape index (κ3) is 5.23. The second kappa shape index (κ2) is 9.06. The minimum absolute atomic E-state index is 0.0190. The molecule has 0 bridgehead atoms. The average Bonchev–Trinajstić information content (AvgIpc) is 3.15. The van der Waals surface area contributed by atoms with Gasteiger partial charge in [0.25, 0.3) is 5.91 Å². The molecule has 1 amide bonds. The fourth-order valence-corrected chi connectivity index (χ4v) is 3.17. The van der Waals surface area contributed by atoms with Crippen molar-refractivity contribution in [1.82, 2.24) is 4.90 Å². The molecule has 0 N–H and O–H groups in total. The summed E-state index contributed by atoms with van der Waals surface area (Å²) in [6.07, 6.45) is 2.14. The summed E-state index contributed by atoms with van der Waals surface area (Å²) in [7, 11) is 0. The summed E-state index contributed by atoms with van der Waals surface area (Å²) >= 11 is 5.96.